The lowest BCUT2D eigenvalue weighted by atomic mass is 9.85. The molecule has 5 N–H and O–H groups in total. The number of hydrogen-bond acceptors (Lipinski definition) is 8. The molecular formula is C37H49N5O7S. The van der Waals surface area contributed by atoms with Crippen LogP contribution in [-0.4, -0.2) is 101 Å². The van der Waals surface area contributed by atoms with Crippen LogP contribution in [0.4, 0.5) is 9.59 Å². The first-order valence-electron chi connectivity index (χ1n) is 16.4. The minimum absolute atomic E-state index is 0.0303. The first kappa shape index (κ1) is 39.8. The van der Waals surface area contributed by atoms with Crippen molar-refractivity contribution in [1.82, 2.24) is 25.8 Å². The van der Waals surface area contributed by atoms with E-state index in [9.17, 15) is 29.4 Å². The SMILES string of the molecule is COC(=O)N[C@H](C(=O)N[C@@H](Cc1ccc(-c2ccccn2)cc1)C[C@H](O)[C@H](Cc1ccccc1)NC(=O)[C@H](CSC)N(C)C(=O)O)C(C)(C)C. The van der Waals surface area contributed by atoms with Crippen LogP contribution < -0.4 is 16.0 Å². The Balaban J connectivity index is 1.94. The van der Waals surface area contributed by atoms with Crippen molar-refractivity contribution in [1.29, 1.82) is 0 Å². The Labute approximate surface area is 298 Å². The van der Waals surface area contributed by atoms with E-state index in [1.807, 2.05) is 93.6 Å². The summed E-state index contributed by atoms with van der Waals surface area (Å²) in [5.41, 5.74) is 2.78. The molecule has 0 aliphatic heterocycles. The van der Waals surface area contributed by atoms with Gasteiger partial charge in [-0.1, -0.05) is 81.4 Å². The number of methoxy groups -OCH3 is 1. The maximum Gasteiger partial charge on any atom is 0.407 e. The molecule has 0 fully saturated rings. The Morgan fingerprint density at radius 3 is 2.08 bits per heavy atom. The van der Waals surface area contributed by atoms with Crippen LogP contribution in [0.1, 0.15) is 38.3 Å². The Kier molecular flexibility index (Phi) is 15.1. The molecule has 2 aromatic carbocycles. The topological polar surface area (TPSA) is 170 Å². The average molecular weight is 708 g/mol. The first-order chi connectivity index (χ1) is 23.7. The Bertz CT molecular complexity index is 1540. The maximum atomic E-state index is 13.8. The van der Waals surface area contributed by atoms with Gasteiger partial charge in [-0.2, -0.15) is 11.8 Å². The molecule has 13 heteroatoms. The zero-order chi connectivity index (χ0) is 36.8. The molecule has 50 heavy (non-hydrogen) atoms. The van der Waals surface area contributed by atoms with E-state index in [4.69, 9.17) is 4.74 Å². The second-order valence-electron chi connectivity index (χ2n) is 13.2. The molecule has 0 bridgehead atoms. The molecular weight excluding hydrogens is 659 g/mol. The molecule has 4 amide bonds. The van der Waals surface area contributed by atoms with Gasteiger partial charge in [0.05, 0.1) is 24.9 Å². The highest BCUT2D eigenvalue weighted by atomic mass is 32.2. The van der Waals surface area contributed by atoms with Gasteiger partial charge >= 0.3 is 12.2 Å². The van der Waals surface area contributed by atoms with Crippen molar-refractivity contribution in [2.24, 2.45) is 5.41 Å². The minimum Gasteiger partial charge on any atom is -0.465 e. The largest absolute Gasteiger partial charge is 0.465 e. The average Bonchev–Trinajstić information content (AvgIpc) is 3.09. The van der Waals surface area contributed by atoms with Crippen LogP contribution >= 0.6 is 11.8 Å². The number of benzene rings is 2. The van der Waals surface area contributed by atoms with Crippen LogP contribution in [-0.2, 0) is 27.2 Å². The number of nitrogens with one attached hydrogen (secondary N) is 3. The summed E-state index contributed by atoms with van der Waals surface area (Å²) in [6.45, 7) is 5.45. The van der Waals surface area contributed by atoms with Crippen molar-refractivity contribution in [3.05, 3.63) is 90.1 Å². The number of hydrogen-bond donors (Lipinski definition) is 5. The molecule has 5 atom stereocenters. The summed E-state index contributed by atoms with van der Waals surface area (Å²) < 4.78 is 4.77. The molecule has 0 radical (unpaired) electrons. The molecule has 0 unspecified atom stereocenters. The van der Waals surface area contributed by atoms with E-state index in [-0.39, 0.29) is 18.6 Å². The van der Waals surface area contributed by atoms with Gasteiger partial charge in [0.1, 0.15) is 12.1 Å². The van der Waals surface area contributed by atoms with Crippen LogP contribution in [0, 0.1) is 5.41 Å². The lowest BCUT2D eigenvalue weighted by Gasteiger charge is -2.33. The van der Waals surface area contributed by atoms with E-state index in [0.29, 0.717) is 6.42 Å². The number of aliphatic hydroxyl groups is 1. The zero-order valence-corrected chi connectivity index (χ0v) is 30.3. The fourth-order valence-electron chi connectivity index (χ4n) is 5.50. The van der Waals surface area contributed by atoms with Crippen molar-refractivity contribution in [2.45, 2.75) is 70.3 Å². The molecule has 0 spiro atoms. The highest BCUT2D eigenvalue weighted by molar-refractivity contribution is 7.98. The summed E-state index contributed by atoms with van der Waals surface area (Å²) in [5.74, 6) is -0.779. The molecule has 3 aromatic rings. The normalized spacial score (nSPS) is 14.3. The van der Waals surface area contributed by atoms with Crippen molar-refractivity contribution < 1.29 is 34.1 Å². The van der Waals surface area contributed by atoms with Crippen molar-refractivity contribution in [3.8, 4) is 11.3 Å². The molecule has 0 saturated heterocycles. The van der Waals surface area contributed by atoms with Crippen molar-refractivity contribution in [2.75, 3.05) is 26.2 Å². The lowest BCUT2D eigenvalue weighted by molar-refractivity contribution is -0.128. The number of aliphatic hydroxyl groups excluding tert-OH is 1. The van der Waals surface area contributed by atoms with Crippen LogP contribution in [0.15, 0.2) is 79.0 Å². The summed E-state index contributed by atoms with van der Waals surface area (Å²) in [6, 6.07) is 19.3. The predicted octanol–water partition coefficient (Wildman–Crippen LogP) is 4.37. The first-order valence-corrected chi connectivity index (χ1v) is 17.7. The van der Waals surface area contributed by atoms with E-state index in [1.165, 1.54) is 25.9 Å². The number of pyridine rings is 1. The van der Waals surface area contributed by atoms with Crippen molar-refractivity contribution >= 4 is 35.8 Å². The van der Waals surface area contributed by atoms with E-state index in [0.717, 1.165) is 27.3 Å². The quantitative estimate of drug-likeness (QED) is 0.145. The monoisotopic (exact) mass is 707 g/mol. The standard InChI is InChI=1S/C37H49N5O7S/c1-37(2,3)32(41-35(46)49-5)34(45)39-27(20-25-15-17-26(18-16-25)28-14-10-11-19-38-28)22-31(43)29(21-24-12-8-7-9-13-24)40-33(44)30(23-50-6)42(4)36(47)48/h7-19,27,29-32,43H,20-23H2,1-6H3,(H,39,45)(H,40,44)(H,41,46)(H,47,48)/t27-,29-,30-,31-,32+/m0/s1. The van der Waals surface area contributed by atoms with Gasteiger partial charge in [-0.25, -0.2) is 9.59 Å². The molecule has 270 valence electrons. The van der Waals surface area contributed by atoms with E-state index < -0.39 is 59.7 Å². The molecule has 0 saturated carbocycles. The Morgan fingerprint density at radius 1 is 0.880 bits per heavy atom. The second kappa shape index (κ2) is 19.0. The van der Waals surface area contributed by atoms with Gasteiger partial charge in [0.25, 0.3) is 0 Å². The Hall–Kier alpha value is -4.62. The number of aromatic nitrogens is 1. The van der Waals surface area contributed by atoms with Gasteiger partial charge in [-0.15, -0.1) is 0 Å². The number of amides is 4. The van der Waals surface area contributed by atoms with Crippen LogP contribution in [0.5, 0.6) is 0 Å². The molecule has 12 nitrogen and oxygen atoms in total. The third kappa shape index (κ3) is 12.1. The number of thioether (sulfide) groups is 1. The summed E-state index contributed by atoms with van der Waals surface area (Å²) >= 11 is 1.33. The van der Waals surface area contributed by atoms with Crippen molar-refractivity contribution in [3.63, 3.8) is 0 Å². The molecule has 0 aliphatic rings. The number of rotatable bonds is 16. The third-order valence-electron chi connectivity index (χ3n) is 8.33. The smallest absolute Gasteiger partial charge is 0.407 e. The molecule has 0 aliphatic carbocycles. The minimum atomic E-state index is -1.25. The summed E-state index contributed by atoms with van der Waals surface area (Å²) in [4.78, 5) is 56.7. The summed E-state index contributed by atoms with van der Waals surface area (Å²) in [7, 11) is 2.56. The fraction of sp³-hybridized carbons (Fsp3) is 0.432. The number of ether oxygens (including phenoxy) is 1. The second-order valence-corrected chi connectivity index (χ2v) is 14.1. The predicted molar refractivity (Wildman–Crippen MR) is 195 cm³/mol. The van der Waals surface area contributed by atoms with Gasteiger partial charge in [-0.3, -0.25) is 19.5 Å². The number of carboxylic acid groups (broad SMARTS) is 1. The molecule has 1 aromatic heterocycles. The van der Waals surface area contributed by atoms with Crippen LogP contribution in [0.3, 0.4) is 0 Å². The van der Waals surface area contributed by atoms with Gasteiger partial charge in [0, 0.05) is 30.6 Å². The van der Waals surface area contributed by atoms with Crippen LogP contribution in [0.2, 0.25) is 0 Å². The maximum absolute atomic E-state index is 13.8. The number of carbonyl (C=O) groups excluding carboxylic acids is 3. The highest BCUT2D eigenvalue weighted by Gasteiger charge is 2.36. The van der Waals surface area contributed by atoms with Gasteiger partial charge in [-0.05, 0) is 54.2 Å². The third-order valence-corrected chi connectivity index (χ3v) is 8.98. The van der Waals surface area contributed by atoms with E-state index >= 15 is 0 Å². The molecule has 1 heterocycles. The number of alkyl carbamates (subject to hydrolysis) is 1. The Morgan fingerprint density at radius 2 is 1.52 bits per heavy atom. The summed E-state index contributed by atoms with van der Waals surface area (Å²) in [6.07, 6.45) is 0.948. The lowest BCUT2D eigenvalue weighted by Crippen LogP contribution is -2.57. The number of nitrogens with zero attached hydrogens (tertiary/aromatic N) is 2. The van der Waals surface area contributed by atoms with Gasteiger partial charge < -0.3 is 30.9 Å². The van der Waals surface area contributed by atoms with Gasteiger partial charge in [0.2, 0.25) is 11.8 Å². The molecule has 3 rings (SSSR count). The van der Waals surface area contributed by atoms with Crippen LogP contribution in [0.25, 0.3) is 11.3 Å². The fourth-order valence-corrected chi connectivity index (χ4v) is 6.19. The van der Waals surface area contributed by atoms with Gasteiger partial charge in [0.15, 0.2) is 0 Å². The summed E-state index contributed by atoms with van der Waals surface area (Å²) in [5, 5.41) is 30.0. The number of carbonyl (C=O) groups is 4. The highest BCUT2D eigenvalue weighted by Crippen LogP contribution is 2.22. The van der Waals surface area contributed by atoms with E-state index in [2.05, 4.69) is 20.9 Å². The zero-order valence-electron chi connectivity index (χ0n) is 29.5. The number of likely N-dealkylation sites (N-methyl/N-ethyl adjacent to an activating group) is 1. The van der Waals surface area contributed by atoms with E-state index in [1.54, 1.807) is 12.5 Å².